The largest absolute Gasteiger partial charge is 0.396 e. The summed E-state index contributed by atoms with van der Waals surface area (Å²) in [6.45, 7) is 8.71. The summed E-state index contributed by atoms with van der Waals surface area (Å²) in [7, 11) is 0. The summed E-state index contributed by atoms with van der Waals surface area (Å²) in [5.74, 6) is 0.377. The molecule has 0 aromatic rings. The van der Waals surface area contributed by atoms with Crippen LogP contribution in [0.1, 0.15) is 47.0 Å². The summed E-state index contributed by atoms with van der Waals surface area (Å²) in [6.07, 6.45) is 8.59. The number of hydrogen-bond donors (Lipinski definition) is 1. The summed E-state index contributed by atoms with van der Waals surface area (Å²) < 4.78 is 0. The molecule has 0 aromatic carbocycles. The Bertz CT molecular complexity index is 307. The second-order valence-corrected chi connectivity index (χ2v) is 5.20. The lowest BCUT2D eigenvalue weighted by molar-refractivity contribution is 0.187. The van der Waals surface area contributed by atoms with E-state index in [1.165, 1.54) is 5.57 Å². The summed E-state index contributed by atoms with van der Waals surface area (Å²) >= 11 is 0. The lowest BCUT2D eigenvalue weighted by Gasteiger charge is -2.32. The molecule has 1 N–H and O–H groups in total. The van der Waals surface area contributed by atoms with Gasteiger partial charge in [0.25, 0.3) is 0 Å². The predicted molar refractivity (Wildman–Crippen MR) is 72.4 cm³/mol. The highest BCUT2D eigenvalue weighted by molar-refractivity contribution is 5.10. The Kier molecular flexibility index (Phi) is 7.58. The molecule has 2 atom stereocenters. The van der Waals surface area contributed by atoms with Crippen molar-refractivity contribution in [1.29, 1.82) is 5.26 Å². The van der Waals surface area contributed by atoms with E-state index in [2.05, 4.69) is 39.8 Å². The van der Waals surface area contributed by atoms with Gasteiger partial charge in [0.2, 0.25) is 0 Å². The van der Waals surface area contributed by atoms with Crippen LogP contribution >= 0.6 is 0 Å². The summed E-state index contributed by atoms with van der Waals surface area (Å²) in [4.78, 5) is 0. The van der Waals surface area contributed by atoms with Crippen LogP contribution in [-0.2, 0) is 0 Å². The molecule has 0 spiro atoms. The lowest BCUT2D eigenvalue weighted by atomic mass is 9.73. The molecule has 0 aliphatic rings. The minimum Gasteiger partial charge on any atom is -0.396 e. The van der Waals surface area contributed by atoms with Crippen LogP contribution in [-0.4, -0.2) is 11.7 Å². The van der Waals surface area contributed by atoms with Crippen molar-refractivity contribution in [2.75, 3.05) is 6.61 Å². The van der Waals surface area contributed by atoms with Gasteiger partial charge in [-0.15, -0.1) is 0 Å². The van der Waals surface area contributed by atoms with Gasteiger partial charge in [-0.3, -0.25) is 0 Å². The molecule has 0 saturated heterocycles. The van der Waals surface area contributed by atoms with Crippen molar-refractivity contribution in [2.45, 2.75) is 47.0 Å². The summed E-state index contributed by atoms with van der Waals surface area (Å²) in [5.41, 5.74) is 1.32. The van der Waals surface area contributed by atoms with Crippen LogP contribution < -0.4 is 0 Å². The fourth-order valence-corrected chi connectivity index (χ4v) is 1.92. The van der Waals surface area contributed by atoms with E-state index in [0.29, 0.717) is 5.92 Å². The number of allylic oxidation sites excluding steroid dienone is 4. The minimum atomic E-state index is -0.00951. The Morgan fingerprint density at radius 2 is 2.12 bits per heavy atom. The third kappa shape index (κ3) is 6.28. The second kappa shape index (κ2) is 8.08. The molecule has 96 valence electrons. The Hall–Kier alpha value is -1.07. The highest BCUT2D eigenvalue weighted by Crippen LogP contribution is 2.36. The molecule has 0 aliphatic carbocycles. The van der Waals surface area contributed by atoms with Crippen LogP contribution in [0, 0.1) is 22.7 Å². The maximum atomic E-state index is 9.04. The van der Waals surface area contributed by atoms with Crippen molar-refractivity contribution in [1.82, 2.24) is 0 Å². The third-order valence-electron chi connectivity index (χ3n) is 3.46. The molecular weight excluding hydrogens is 210 g/mol. The van der Waals surface area contributed by atoms with Gasteiger partial charge in [-0.2, -0.15) is 5.26 Å². The van der Waals surface area contributed by atoms with E-state index >= 15 is 0 Å². The van der Waals surface area contributed by atoms with Crippen molar-refractivity contribution >= 4 is 0 Å². The van der Waals surface area contributed by atoms with E-state index in [1.807, 2.05) is 6.08 Å². The van der Waals surface area contributed by atoms with E-state index in [0.717, 1.165) is 19.3 Å². The summed E-state index contributed by atoms with van der Waals surface area (Å²) in [5, 5.41) is 17.7. The van der Waals surface area contributed by atoms with Crippen molar-refractivity contribution in [3.63, 3.8) is 0 Å². The van der Waals surface area contributed by atoms with Gasteiger partial charge in [-0.05, 0) is 44.4 Å². The normalized spacial score (nSPS) is 16.2. The number of nitrogens with zero attached hydrogens (tertiary/aromatic N) is 1. The lowest BCUT2D eigenvalue weighted by Crippen LogP contribution is -2.24. The molecule has 0 amide bonds. The van der Waals surface area contributed by atoms with E-state index < -0.39 is 0 Å². The molecule has 2 heteroatoms. The topological polar surface area (TPSA) is 44.0 Å². The van der Waals surface area contributed by atoms with Gasteiger partial charge < -0.3 is 5.11 Å². The maximum Gasteiger partial charge on any atom is 0.0908 e. The molecule has 0 aliphatic heterocycles. The van der Waals surface area contributed by atoms with Gasteiger partial charge in [-0.25, -0.2) is 0 Å². The molecule has 0 fully saturated rings. The van der Waals surface area contributed by atoms with E-state index in [1.54, 1.807) is 6.08 Å². The van der Waals surface area contributed by atoms with Crippen molar-refractivity contribution < 1.29 is 5.11 Å². The van der Waals surface area contributed by atoms with Crippen LogP contribution in [0.25, 0.3) is 0 Å². The predicted octanol–water partition coefficient (Wildman–Crippen LogP) is 3.84. The molecule has 2 nitrogen and oxygen atoms in total. The van der Waals surface area contributed by atoms with Gasteiger partial charge in [0.15, 0.2) is 0 Å². The number of aliphatic hydroxyl groups is 1. The minimum absolute atomic E-state index is 0.00951. The SMILES string of the molecule is CC(C)=CCC[C@@](C)(/C=C/C#N)[C@@H](C)CCO. The first-order valence-electron chi connectivity index (χ1n) is 6.28. The molecule has 0 rings (SSSR count). The maximum absolute atomic E-state index is 9.04. The Labute approximate surface area is 106 Å². The standard InChI is InChI=1S/C15H25NO/c1-13(2)7-5-9-15(4,10-6-11-16)14(3)8-12-17/h6-7,10,14,17H,5,8-9,12H2,1-4H3/b10-6+/t14-,15-/m0/s1. The zero-order valence-electron chi connectivity index (χ0n) is 11.5. The first-order chi connectivity index (χ1) is 7.96. The van der Waals surface area contributed by atoms with Crippen molar-refractivity contribution in [2.24, 2.45) is 11.3 Å². The first kappa shape index (κ1) is 15.9. The van der Waals surface area contributed by atoms with Crippen LogP contribution in [0.3, 0.4) is 0 Å². The molecule has 0 aromatic heterocycles. The number of rotatable bonds is 7. The quantitative estimate of drug-likeness (QED) is 0.538. The highest BCUT2D eigenvalue weighted by atomic mass is 16.3. The van der Waals surface area contributed by atoms with Gasteiger partial charge in [-0.1, -0.05) is 31.6 Å². The molecule has 0 unspecified atom stereocenters. The molecule has 17 heavy (non-hydrogen) atoms. The van der Waals surface area contributed by atoms with Gasteiger partial charge >= 0.3 is 0 Å². The zero-order chi connectivity index (χ0) is 13.3. The van der Waals surface area contributed by atoms with Crippen LogP contribution in [0.15, 0.2) is 23.8 Å². The van der Waals surface area contributed by atoms with Crippen LogP contribution in [0.5, 0.6) is 0 Å². The molecule has 0 saturated carbocycles. The number of nitriles is 1. The van der Waals surface area contributed by atoms with Crippen molar-refractivity contribution in [3.8, 4) is 6.07 Å². The molecular formula is C15H25NO. The van der Waals surface area contributed by atoms with E-state index in [4.69, 9.17) is 10.4 Å². The average Bonchev–Trinajstić information content (AvgIpc) is 2.26. The Morgan fingerprint density at radius 1 is 1.47 bits per heavy atom. The Balaban J connectivity index is 4.67. The van der Waals surface area contributed by atoms with Crippen LogP contribution in [0.4, 0.5) is 0 Å². The van der Waals surface area contributed by atoms with E-state index in [9.17, 15) is 0 Å². The van der Waals surface area contributed by atoms with Gasteiger partial charge in [0.05, 0.1) is 6.07 Å². The van der Waals surface area contributed by atoms with Gasteiger partial charge in [0.1, 0.15) is 0 Å². The second-order valence-electron chi connectivity index (χ2n) is 5.20. The molecule has 0 heterocycles. The average molecular weight is 235 g/mol. The number of aliphatic hydroxyl groups excluding tert-OH is 1. The Morgan fingerprint density at radius 3 is 2.59 bits per heavy atom. The third-order valence-corrected chi connectivity index (χ3v) is 3.46. The molecule has 0 radical (unpaired) electrons. The fourth-order valence-electron chi connectivity index (χ4n) is 1.92. The van der Waals surface area contributed by atoms with Gasteiger partial charge in [0, 0.05) is 12.7 Å². The van der Waals surface area contributed by atoms with Crippen LogP contribution in [0.2, 0.25) is 0 Å². The number of hydrogen-bond acceptors (Lipinski definition) is 2. The smallest absolute Gasteiger partial charge is 0.0908 e. The first-order valence-corrected chi connectivity index (χ1v) is 6.28. The summed E-state index contributed by atoms with van der Waals surface area (Å²) in [6, 6.07) is 2.06. The fraction of sp³-hybridized carbons (Fsp3) is 0.667. The van der Waals surface area contributed by atoms with E-state index in [-0.39, 0.29) is 12.0 Å². The highest BCUT2D eigenvalue weighted by Gasteiger charge is 2.27. The monoisotopic (exact) mass is 235 g/mol. The van der Waals surface area contributed by atoms with Crippen molar-refractivity contribution in [3.05, 3.63) is 23.8 Å². The molecule has 0 bridgehead atoms. The zero-order valence-corrected chi connectivity index (χ0v) is 11.5.